The fourth-order valence-corrected chi connectivity index (χ4v) is 3.73. The van der Waals surface area contributed by atoms with E-state index >= 15 is 0 Å². The lowest BCUT2D eigenvalue weighted by molar-refractivity contribution is 0.0600. The standard InChI is InChI=1S/C21H22N4O4S/c1-14-12-15(2)24-21(23-14)25-30(27,28)19-10-8-18(9-11-19)22-13-16-4-6-17(7-5-16)20(26)29-3/h4-12,22H,13H2,1-3H3,(H,23,24,25). The number of methoxy groups -OCH3 is 1. The van der Waals surface area contributed by atoms with Crippen molar-refractivity contribution in [3.05, 3.63) is 77.1 Å². The van der Waals surface area contributed by atoms with Crippen molar-refractivity contribution < 1.29 is 17.9 Å². The first-order valence-corrected chi connectivity index (χ1v) is 10.6. The van der Waals surface area contributed by atoms with E-state index in [9.17, 15) is 13.2 Å². The van der Waals surface area contributed by atoms with Crippen LogP contribution in [0.3, 0.4) is 0 Å². The lowest BCUT2D eigenvalue weighted by Crippen LogP contribution is -2.15. The molecule has 2 aromatic carbocycles. The normalized spacial score (nSPS) is 11.0. The van der Waals surface area contributed by atoms with Crippen LogP contribution in [0.4, 0.5) is 11.6 Å². The highest BCUT2D eigenvalue weighted by atomic mass is 32.2. The molecule has 0 saturated heterocycles. The third-order valence-corrected chi connectivity index (χ3v) is 5.59. The number of hydrogen-bond acceptors (Lipinski definition) is 7. The summed E-state index contributed by atoms with van der Waals surface area (Å²) >= 11 is 0. The van der Waals surface area contributed by atoms with Crippen LogP contribution in [0.25, 0.3) is 0 Å². The number of anilines is 2. The number of hydrogen-bond donors (Lipinski definition) is 2. The van der Waals surface area contributed by atoms with Crippen molar-refractivity contribution in [3.8, 4) is 0 Å². The van der Waals surface area contributed by atoms with Crippen LogP contribution in [0, 0.1) is 13.8 Å². The van der Waals surface area contributed by atoms with E-state index in [1.165, 1.54) is 19.2 Å². The number of carbonyl (C=O) groups is 1. The van der Waals surface area contributed by atoms with Crippen molar-refractivity contribution >= 4 is 27.6 Å². The third-order valence-electron chi connectivity index (χ3n) is 4.24. The van der Waals surface area contributed by atoms with Crippen LogP contribution < -0.4 is 10.0 Å². The molecule has 0 aliphatic heterocycles. The Morgan fingerprint density at radius 1 is 0.967 bits per heavy atom. The van der Waals surface area contributed by atoms with Crippen LogP contribution in [-0.2, 0) is 21.3 Å². The van der Waals surface area contributed by atoms with Crippen molar-refractivity contribution in [2.24, 2.45) is 0 Å². The van der Waals surface area contributed by atoms with Gasteiger partial charge in [0.15, 0.2) is 0 Å². The molecule has 3 rings (SSSR count). The first-order valence-electron chi connectivity index (χ1n) is 9.13. The van der Waals surface area contributed by atoms with Gasteiger partial charge < -0.3 is 10.1 Å². The van der Waals surface area contributed by atoms with E-state index in [2.05, 4.69) is 24.7 Å². The van der Waals surface area contributed by atoms with Crippen molar-refractivity contribution in [1.82, 2.24) is 9.97 Å². The van der Waals surface area contributed by atoms with E-state index in [1.54, 1.807) is 44.2 Å². The van der Waals surface area contributed by atoms with Gasteiger partial charge in [0, 0.05) is 23.6 Å². The Morgan fingerprint density at radius 2 is 1.57 bits per heavy atom. The molecule has 8 nitrogen and oxygen atoms in total. The van der Waals surface area contributed by atoms with Crippen LogP contribution in [-0.4, -0.2) is 31.5 Å². The van der Waals surface area contributed by atoms with Gasteiger partial charge in [-0.2, -0.15) is 0 Å². The van der Waals surface area contributed by atoms with Gasteiger partial charge in [-0.3, -0.25) is 0 Å². The highest BCUT2D eigenvalue weighted by Gasteiger charge is 2.16. The maximum absolute atomic E-state index is 12.6. The Kier molecular flexibility index (Phi) is 6.31. The minimum Gasteiger partial charge on any atom is -0.465 e. The molecule has 30 heavy (non-hydrogen) atoms. The molecule has 3 aromatic rings. The third kappa shape index (κ3) is 5.32. The molecule has 0 bridgehead atoms. The monoisotopic (exact) mass is 426 g/mol. The second-order valence-electron chi connectivity index (χ2n) is 6.65. The lowest BCUT2D eigenvalue weighted by Gasteiger charge is -2.10. The average Bonchev–Trinajstić information content (AvgIpc) is 2.71. The summed E-state index contributed by atoms with van der Waals surface area (Å²) in [4.78, 5) is 19.8. The molecule has 0 atom stereocenters. The minimum atomic E-state index is -3.79. The first-order chi connectivity index (χ1) is 14.3. The summed E-state index contributed by atoms with van der Waals surface area (Å²) < 4.78 is 32.2. The molecule has 0 saturated carbocycles. The Morgan fingerprint density at radius 3 is 2.13 bits per heavy atom. The smallest absolute Gasteiger partial charge is 0.337 e. The van der Waals surface area contributed by atoms with Gasteiger partial charge in [0.25, 0.3) is 10.0 Å². The topological polar surface area (TPSA) is 110 Å². The fourth-order valence-electron chi connectivity index (χ4n) is 2.78. The van der Waals surface area contributed by atoms with Crippen molar-refractivity contribution in [2.75, 3.05) is 17.1 Å². The molecule has 0 spiro atoms. The van der Waals surface area contributed by atoms with Crippen LogP contribution in [0.15, 0.2) is 59.5 Å². The van der Waals surface area contributed by atoms with Gasteiger partial charge in [-0.15, -0.1) is 0 Å². The predicted octanol–water partition coefficient (Wildman–Crippen LogP) is 3.29. The zero-order valence-corrected chi connectivity index (χ0v) is 17.7. The lowest BCUT2D eigenvalue weighted by atomic mass is 10.1. The molecular formula is C21H22N4O4S. The van der Waals surface area contributed by atoms with E-state index < -0.39 is 10.0 Å². The van der Waals surface area contributed by atoms with E-state index in [-0.39, 0.29) is 16.8 Å². The van der Waals surface area contributed by atoms with E-state index in [4.69, 9.17) is 0 Å². The number of benzene rings is 2. The van der Waals surface area contributed by atoms with Crippen LogP contribution >= 0.6 is 0 Å². The van der Waals surface area contributed by atoms with Gasteiger partial charge in [0.2, 0.25) is 5.95 Å². The predicted molar refractivity (Wildman–Crippen MR) is 114 cm³/mol. The maximum Gasteiger partial charge on any atom is 0.337 e. The summed E-state index contributed by atoms with van der Waals surface area (Å²) in [6.07, 6.45) is 0. The number of aromatic nitrogens is 2. The number of aryl methyl sites for hydroxylation is 2. The molecule has 0 aliphatic rings. The second-order valence-corrected chi connectivity index (χ2v) is 8.33. The summed E-state index contributed by atoms with van der Waals surface area (Å²) in [7, 11) is -2.45. The van der Waals surface area contributed by atoms with Crippen molar-refractivity contribution in [3.63, 3.8) is 0 Å². The summed E-state index contributed by atoms with van der Waals surface area (Å²) in [6.45, 7) is 4.06. The Balaban J connectivity index is 1.64. The molecule has 0 amide bonds. The van der Waals surface area contributed by atoms with Gasteiger partial charge in [0.05, 0.1) is 17.6 Å². The quantitative estimate of drug-likeness (QED) is 0.558. The summed E-state index contributed by atoms with van der Waals surface area (Å²) in [5.74, 6) is -0.337. The number of esters is 1. The Hall–Kier alpha value is -3.46. The van der Waals surface area contributed by atoms with Crippen LogP contribution in [0.1, 0.15) is 27.3 Å². The number of nitrogens with zero attached hydrogens (tertiary/aromatic N) is 2. The highest BCUT2D eigenvalue weighted by molar-refractivity contribution is 7.92. The van der Waals surface area contributed by atoms with Gasteiger partial charge in [0.1, 0.15) is 0 Å². The summed E-state index contributed by atoms with van der Waals surface area (Å²) in [5, 5.41) is 3.21. The van der Waals surface area contributed by atoms with Gasteiger partial charge in [-0.05, 0) is 61.9 Å². The van der Waals surface area contributed by atoms with Gasteiger partial charge >= 0.3 is 5.97 Å². The number of carbonyl (C=O) groups excluding carboxylic acids is 1. The molecule has 1 aromatic heterocycles. The zero-order chi connectivity index (χ0) is 21.7. The first kappa shape index (κ1) is 21.3. The molecular weight excluding hydrogens is 404 g/mol. The Bertz CT molecular complexity index is 1120. The molecule has 0 radical (unpaired) electrons. The minimum absolute atomic E-state index is 0.0464. The molecule has 0 unspecified atom stereocenters. The number of rotatable bonds is 7. The molecule has 0 aliphatic carbocycles. The van der Waals surface area contributed by atoms with E-state index in [0.717, 1.165) is 11.3 Å². The molecule has 156 valence electrons. The molecule has 9 heteroatoms. The molecule has 1 heterocycles. The fraction of sp³-hybridized carbons (Fsp3) is 0.190. The number of sulfonamides is 1. The summed E-state index contributed by atoms with van der Waals surface area (Å²) in [6, 6.07) is 15.2. The van der Waals surface area contributed by atoms with Gasteiger partial charge in [-0.25, -0.2) is 27.9 Å². The van der Waals surface area contributed by atoms with Crippen molar-refractivity contribution in [1.29, 1.82) is 0 Å². The van der Waals surface area contributed by atoms with Gasteiger partial charge in [-0.1, -0.05) is 12.1 Å². The maximum atomic E-state index is 12.6. The summed E-state index contributed by atoms with van der Waals surface area (Å²) in [5.41, 5.74) is 3.57. The largest absolute Gasteiger partial charge is 0.465 e. The second kappa shape index (κ2) is 8.91. The number of ether oxygens (including phenoxy) is 1. The highest BCUT2D eigenvalue weighted by Crippen LogP contribution is 2.18. The molecule has 2 N–H and O–H groups in total. The van der Waals surface area contributed by atoms with E-state index in [1.807, 2.05) is 12.1 Å². The Labute approximate surface area is 175 Å². The average molecular weight is 426 g/mol. The van der Waals surface area contributed by atoms with Crippen LogP contribution in [0.5, 0.6) is 0 Å². The molecule has 0 fully saturated rings. The van der Waals surface area contributed by atoms with Crippen LogP contribution in [0.2, 0.25) is 0 Å². The van der Waals surface area contributed by atoms with Crippen molar-refractivity contribution in [2.45, 2.75) is 25.3 Å². The SMILES string of the molecule is COC(=O)c1ccc(CNc2ccc(S(=O)(=O)Nc3nc(C)cc(C)n3)cc2)cc1. The number of nitrogens with one attached hydrogen (secondary N) is 2. The van der Waals surface area contributed by atoms with E-state index in [0.29, 0.717) is 23.5 Å². The zero-order valence-electron chi connectivity index (χ0n) is 16.8.